The fraction of sp³-hybridized carbons (Fsp3) is 0.333. The first kappa shape index (κ1) is 7.14. The van der Waals surface area contributed by atoms with Crippen molar-refractivity contribution in [3.8, 4) is 0 Å². The Balaban J connectivity index is 2.25. The zero-order valence-corrected chi connectivity index (χ0v) is 6.88. The third-order valence-corrected chi connectivity index (χ3v) is 2.35. The molecule has 11 heavy (non-hydrogen) atoms. The molecule has 0 amide bonds. The maximum absolute atomic E-state index is 5.82. The zero-order valence-electron chi connectivity index (χ0n) is 6.13. The molecule has 1 saturated carbocycles. The maximum atomic E-state index is 5.82. The van der Waals surface area contributed by atoms with Crippen molar-refractivity contribution in [2.75, 3.05) is 0 Å². The summed E-state index contributed by atoms with van der Waals surface area (Å²) in [4.78, 5) is 0. The second-order valence-corrected chi connectivity index (χ2v) is 3.50. The number of hydrogen-bond acceptors (Lipinski definition) is 1. The van der Waals surface area contributed by atoms with E-state index in [4.69, 9.17) is 17.3 Å². The van der Waals surface area contributed by atoms with Gasteiger partial charge in [0.1, 0.15) is 0 Å². The molecule has 1 aromatic rings. The Hall–Kier alpha value is -0.530. The third-order valence-electron chi connectivity index (χ3n) is 2.12. The summed E-state index contributed by atoms with van der Waals surface area (Å²) in [6.45, 7) is 0. The highest BCUT2D eigenvalue weighted by Gasteiger charge is 2.34. The van der Waals surface area contributed by atoms with Gasteiger partial charge in [0.25, 0.3) is 0 Å². The van der Waals surface area contributed by atoms with E-state index in [1.165, 1.54) is 5.56 Å². The van der Waals surface area contributed by atoms with E-state index in [9.17, 15) is 0 Å². The van der Waals surface area contributed by atoms with E-state index in [1.54, 1.807) is 0 Å². The molecule has 2 N–H and O–H groups in total. The van der Waals surface area contributed by atoms with Crippen molar-refractivity contribution in [2.45, 2.75) is 18.4 Å². The molecule has 0 heterocycles. The lowest BCUT2D eigenvalue weighted by atomic mass is 10.1. The van der Waals surface area contributed by atoms with Crippen molar-refractivity contribution < 1.29 is 0 Å². The first-order valence-corrected chi connectivity index (χ1v) is 4.16. The van der Waals surface area contributed by atoms with Crippen molar-refractivity contribution in [1.82, 2.24) is 0 Å². The SMILES string of the molecule is N[C@@H]1CC1c1cccc(Cl)c1. The maximum Gasteiger partial charge on any atom is 0.0408 e. The molecule has 0 aliphatic heterocycles. The van der Waals surface area contributed by atoms with Gasteiger partial charge in [-0.1, -0.05) is 23.7 Å². The Bertz CT molecular complexity index is 272. The van der Waals surface area contributed by atoms with Gasteiger partial charge >= 0.3 is 0 Å². The molecule has 2 atom stereocenters. The van der Waals surface area contributed by atoms with E-state index in [1.807, 2.05) is 18.2 Å². The molecule has 1 aliphatic rings. The molecule has 0 aromatic heterocycles. The highest BCUT2D eigenvalue weighted by molar-refractivity contribution is 6.30. The van der Waals surface area contributed by atoms with Crippen LogP contribution in [0.5, 0.6) is 0 Å². The van der Waals surface area contributed by atoms with Crippen LogP contribution in [-0.2, 0) is 0 Å². The summed E-state index contributed by atoms with van der Waals surface area (Å²) in [6.07, 6.45) is 1.11. The predicted octanol–water partition coefficient (Wildman–Crippen LogP) is 2.15. The first-order chi connectivity index (χ1) is 5.27. The van der Waals surface area contributed by atoms with Crippen LogP contribution < -0.4 is 5.73 Å². The highest BCUT2D eigenvalue weighted by Crippen LogP contribution is 2.39. The molecule has 2 heteroatoms. The molecular weight excluding hydrogens is 158 g/mol. The van der Waals surface area contributed by atoms with Crippen LogP contribution in [-0.4, -0.2) is 6.04 Å². The van der Waals surface area contributed by atoms with Gasteiger partial charge in [0.2, 0.25) is 0 Å². The fourth-order valence-corrected chi connectivity index (χ4v) is 1.53. The van der Waals surface area contributed by atoms with Crippen molar-refractivity contribution >= 4 is 11.6 Å². The molecule has 1 fully saturated rings. The van der Waals surface area contributed by atoms with Crippen LogP contribution >= 0.6 is 11.6 Å². The number of halogens is 1. The van der Waals surface area contributed by atoms with Crippen molar-refractivity contribution in [3.63, 3.8) is 0 Å². The standard InChI is InChI=1S/C9H10ClN/c10-7-3-1-2-6(4-7)8-5-9(8)11/h1-4,8-9H,5,11H2/t8?,9-/m1/s1. The topological polar surface area (TPSA) is 26.0 Å². The Morgan fingerprint density at radius 1 is 1.45 bits per heavy atom. The number of nitrogens with two attached hydrogens (primary N) is 1. The summed E-state index contributed by atoms with van der Waals surface area (Å²) in [7, 11) is 0. The largest absolute Gasteiger partial charge is 0.327 e. The van der Waals surface area contributed by atoms with Gasteiger partial charge in [-0.15, -0.1) is 0 Å². The smallest absolute Gasteiger partial charge is 0.0408 e. The molecule has 58 valence electrons. The van der Waals surface area contributed by atoms with Gasteiger partial charge in [0.05, 0.1) is 0 Å². The molecule has 0 spiro atoms. The molecule has 2 rings (SSSR count). The average molecular weight is 168 g/mol. The first-order valence-electron chi connectivity index (χ1n) is 3.78. The molecule has 0 radical (unpaired) electrons. The normalized spacial score (nSPS) is 28.5. The van der Waals surface area contributed by atoms with E-state index in [0.29, 0.717) is 12.0 Å². The zero-order chi connectivity index (χ0) is 7.84. The molecule has 1 nitrogen and oxygen atoms in total. The van der Waals surface area contributed by atoms with Crippen LogP contribution in [0.25, 0.3) is 0 Å². The van der Waals surface area contributed by atoms with Gasteiger partial charge in [0, 0.05) is 17.0 Å². The van der Waals surface area contributed by atoms with Crippen LogP contribution in [0.3, 0.4) is 0 Å². The second kappa shape index (κ2) is 2.50. The molecule has 0 saturated heterocycles. The van der Waals surface area contributed by atoms with E-state index in [0.717, 1.165) is 11.4 Å². The Morgan fingerprint density at radius 2 is 2.18 bits per heavy atom. The summed E-state index contributed by atoms with van der Waals surface area (Å²) >= 11 is 5.82. The van der Waals surface area contributed by atoms with E-state index in [2.05, 4.69) is 6.07 Å². The monoisotopic (exact) mass is 167 g/mol. The molecule has 0 bridgehead atoms. The average Bonchev–Trinajstić information content (AvgIpc) is 2.67. The van der Waals surface area contributed by atoms with Gasteiger partial charge in [0.15, 0.2) is 0 Å². The number of rotatable bonds is 1. The fourth-order valence-electron chi connectivity index (χ4n) is 1.34. The lowest BCUT2D eigenvalue weighted by Gasteiger charge is -1.97. The van der Waals surface area contributed by atoms with E-state index in [-0.39, 0.29) is 0 Å². The summed E-state index contributed by atoms with van der Waals surface area (Å²) in [5.74, 6) is 0.564. The third kappa shape index (κ3) is 1.39. The Kier molecular flexibility index (Phi) is 1.63. The summed E-state index contributed by atoms with van der Waals surface area (Å²) in [5.41, 5.74) is 6.99. The summed E-state index contributed by atoms with van der Waals surface area (Å²) in [6, 6.07) is 8.32. The minimum Gasteiger partial charge on any atom is -0.327 e. The number of hydrogen-bond donors (Lipinski definition) is 1. The highest BCUT2D eigenvalue weighted by atomic mass is 35.5. The summed E-state index contributed by atoms with van der Waals surface area (Å²) < 4.78 is 0. The van der Waals surface area contributed by atoms with Crippen molar-refractivity contribution in [2.24, 2.45) is 5.73 Å². The van der Waals surface area contributed by atoms with E-state index >= 15 is 0 Å². The van der Waals surface area contributed by atoms with Crippen LogP contribution in [0.4, 0.5) is 0 Å². The molecule has 1 unspecified atom stereocenters. The Labute approximate surface area is 71.2 Å². The van der Waals surface area contributed by atoms with Crippen molar-refractivity contribution in [3.05, 3.63) is 34.9 Å². The van der Waals surface area contributed by atoms with Gasteiger partial charge in [-0.2, -0.15) is 0 Å². The lowest BCUT2D eigenvalue weighted by molar-refractivity contribution is 0.991. The van der Waals surface area contributed by atoms with Gasteiger partial charge in [-0.3, -0.25) is 0 Å². The molecule has 1 aromatic carbocycles. The van der Waals surface area contributed by atoms with Gasteiger partial charge in [-0.25, -0.2) is 0 Å². The number of benzene rings is 1. The minimum absolute atomic E-state index is 0.369. The van der Waals surface area contributed by atoms with Gasteiger partial charge < -0.3 is 5.73 Å². The second-order valence-electron chi connectivity index (χ2n) is 3.06. The lowest BCUT2D eigenvalue weighted by Crippen LogP contribution is -2.00. The van der Waals surface area contributed by atoms with Crippen molar-refractivity contribution in [1.29, 1.82) is 0 Å². The van der Waals surface area contributed by atoms with Crippen LogP contribution in [0.1, 0.15) is 17.9 Å². The molecular formula is C9H10ClN. The van der Waals surface area contributed by atoms with E-state index < -0.39 is 0 Å². The van der Waals surface area contributed by atoms with Crippen LogP contribution in [0.15, 0.2) is 24.3 Å². The Morgan fingerprint density at radius 3 is 2.73 bits per heavy atom. The minimum atomic E-state index is 0.369. The summed E-state index contributed by atoms with van der Waals surface area (Å²) in [5, 5.41) is 0.807. The molecule has 1 aliphatic carbocycles. The quantitative estimate of drug-likeness (QED) is 0.682. The van der Waals surface area contributed by atoms with Gasteiger partial charge in [-0.05, 0) is 24.1 Å². The van der Waals surface area contributed by atoms with Crippen LogP contribution in [0.2, 0.25) is 5.02 Å². The van der Waals surface area contributed by atoms with Crippen LogP contribution in [0, 0.1) is 0 Å². The predicted molar refractivity (Wildman–Crippen MR) is 46.8 cm³/mol.